The molecule has 3 aliphatic rings. The molecule has 0 radical (unpaired) electrons. The number of carbonyl (C=O) groups is 3. The summed E-state index contributed by atoms with van der Waals surface area (Å²) in [6.07, 6.45) is 2.95. The Labute approximate surface area is 224 Å². The SMILES string of the molecule is CCOc1ccc(NC(=O)[C@@H]2[C@@H]3CC(C)C4(S3)C(C(=O)NC(C)(C)C)N(CCCCCO)C(=O)[C@H]24)cc1. The Morgan fingerprint density at radius 1 is 1.16 bits per heavy atom. The fraction of sp³-hybridized carbons (Fsp3) is 0.679. The van der Waals surface area contributed by atoms with Crippen LogP contribution in [-0.4, -0.2) is 69.1 Å². The average molecular weight is 532 g/mol. The van der Waals surface area contributed by atoms with Gasteiger partial charge in [0.1, 0.15) is 11.8 Å². The van der Waals surface area contributed by atoms with Crippen LogP contribution >= 0.6 is 11.8 Å². The molecule has 3 saturated heterocycles. The highest BCUT2D eigenvalue weighted by atomic mass is 32.2. The van der Waals surface area contributed by atoms with Crippen molar-refractivity contribution in [3.05, 3.63) is 24.3 Å². The van der Waals surface area contributed by atoms with Crippen molar-refractivity contribution in [1.29, 1.82) is 0 Å². The molecule has 37 heavy (non-hydrogen) atoms. The van der Waals surface area contributed by atoms with Crippen molar-refractivity contribution in [2.45, 2.75) is 81.9 Å². The van der Waals surface area contributed by atoms with Crippen LogP contribution in [-0.2, 0) is 14.4 Å². The van der Waals surface area contributed by atoms with Gasteiger partial charge in [0.25, 0.3) is 0 Å². The minimum Gasteiger partial charge on any atom is -0.494 e. The number of aliphatic hydroxyl groups excluding tert-OH is 1. The summed E-state index contributed by atoms with van der Waals surface area (Å²) >= 11 is 1.68. The Morgan fingerprint density at radius 2 is 1.86 bits per heavy atom. The van der Waals surface area contributed by atoms with E-state index in [0.717, 1.165) is 18.6 Å². The number of anilines is 1. The number of hydrogen-bond donors (Lipinski definition) is 3. The Bertz CT molecular complexity index is 1010. The molecular weight excluding hydrogens is 490 g/mol. The number of amides is 3. The Hall–Kier alpha value is -2.26. The molecule has 2 bridgehead atoms. The van der Waals surface area contributed by atoms with E-state index in [1.165, 1.54) is 0 Å². The number of benzene rings is 1. The first-order valence-electron chi connectivity index (χ1n) is 13.5. The van der Waals surface area contributed by atoms with Gasteiger partial charge in [-0.2, -0.15) is 0 Å². The highest BCUT2D eigenvalue weighted by Gasteiger charge is 2.75. The van der Waals surface area contributed by atoms with E-state index in [2.05, 4.69) is 17.6 Å². The van der Waals surface area contributed by atoms with Crippen LogP contribution in [0.4, 0.5) is 5.69 Å². The lowest BCUT2D eigenvalue weighted by Crippen LogP contribution is -2.59. The first-order valence-corrected chi connectivity index (χ1v) is 14.4. The molecule has 3 amide bonds. The maximum atomic E-state index is 14.0. The zero-order valence-corrected chi connectivity index (χ0v) is 23.4. The summed E-state index contributed by atoms with van der Waals surface area (Å²) < 4.78 is 4.87. The van der Waals surface area contributed by atoms with E-state index in [0.29, 0.717) is 31.7 Å². The smallest absolute Gasteiger partial charge is 0.244 e. The van der Waals surface area contributed by atoms with Crippen molar-refractivity contribution < 1.29 is 24.2 Å². The van der Waals surface area contributed by atoms with Gasteiger partial charge in [-0.25, -0.2) is 0 Å². The zero-order valence-electron chi connectivity index (χ0n) is 22.6. The molecule has 3 unspecified atom stereocenters. The van der Waals surface area contributed by atoms with Crippen LogP contribution < -0.4 is 15.4 Å². The van der Waals surface area contributed by atoms with E-state index >= 15 is 0 Å². The molecule has 204 valence electrons. The lowest BCUT2D eigenvalue weighted by molar-refractivity contribution is -0.139. The molecule has 3 fully saturated rings. The van der Waals surface area contributed by atoms with Gasteiger partial charge in [-0.1, -0.05) is 6.92 Å². The fourth-order valence-electron chi connectivity index (χ4n) is 6.40. The van der Waals surface area contributed by atoms with Gasteiger partial charge in [0.2, 0.25) is 17.7 Å². The second-order valence-electron chi connectivity index (χ2n) is 11.6. The lowest BCUT2D eigenvalue weighted by atomic mass is 9.65. The Morgan fingerprint density at radius 3 is 2.49 bits per heavy atom. The van der Waals surface area contributed by atoms with Gasteiger partial charge in [0.05, 0.1) is 23.2 Å². The number of fused-ring (bicyclic) bond motifs is 1. The third-order valence-electron chi connectivity index (χ3n) is 7.78. The van der Waals surface area contributed by atoms with Gasteiger partial charge in [-0.3, -0.25) is 14.4 Å². The number of nitrogens with one attached hydrogen (secondary N) is 2. The summed E-state index contributed by atoms with van der Waals surface area (Å²) in [5, 5.41) is 15.3. The molecule has 6 atom stereocenters. The van der Waals surface area contributed by atoms with Crippen LogP contribution in [0.5, 0.6) is 5.75 Å². The summed E-state index contributed by atoms with van der Waals surface area (Å²) in [6, 6.07) is 6.64. The minimum atomic E-state index is -0.630. The Balaban J connectivity index is 1.62. The number of thioether (sulfide) groups is 1. The van der Waals surface area contributed by atoms with Crippen LogP contribution in [0.15, 0.2) is 24.3 Å². The third-order valence-corrected chi connectivity index (χ3v) is 9.86. The first-order chi connectivity index (χ1) is 17.5. The fourth-order valence-corrected chi connectivity index (χ4v) is 8.82. The van der Waals surface area contributed by atoms with E-state index in [1.807, 2.05) is 52.0 Å². The van der Waals surface area contributed by atoms with Gasteiger partial charge < -0.3 is 25.4 Å². The number of hydrogen-bond acceptors (Lipinski definition) is 6. The third kappa shape index (κ3) is 5.21. The van der Waals surface area contributed by atoms with Crippen LogP contribution in [0.1, 0.15) is 60.3 Å². The summed E-state index contributed by atoms with van der Waals surface area (Å²) in [6.45, 7) is 11.0. The average Bonchev–Trinajstić information content (AvgIpc) is 3.41. The molecule has 1 aromatic carbocycles. The largest absolute Gasteiger partial charge is 0.494 e. The van der Waals surface area contributed by atoms with Crippen molar-refractivity contribution in [2.24, 2.45) is 17.8 Å². The van der Waals surface area contributed by atoms with Crippen LogP contribution in [0.25, 0.3) is 0 Å². The van der Waals surface area contributed by atoms with Gasteiger partial charge in [-0.05, 0) is 83.6 Å². The first kappa shape index (κ1) is 27.8. The summed E-state index contributed by atoms with van der Waals surface area (Å²) in [5.41, 5.74) is 0.225. The molecule has 0 aliphatic carbocycles. The predicted octanol–water partition coefficient (Wildman–Crippen LogP) is 3.44. The van der Waals surface area contributed by atoms with E-state index in [4.69, 9.17) is 4.74 Å². The lowest BCUT2D eigenvalue weighted by Gasteiger charge is -2.39. The number of unbranched alkanes of at least 4 members (excludes halogenated alkanes) is 2. The number of ether oxygens (including phenoxy) is 1. The highest BCUT2D eigenvalue weighted by molar-refractivity contribution is 8.02. The summed E-state index contributed by atoms with van der Waals surface area (Å²) in [4.78, 5) is 43.2. The van der Waals surface area contributed by atoms with Gasteiger partial charge >= 0.3 is 0 Å². The second kappa shape index (κ2) is 10.8. The molecule has 1 aromatic rings. The normalized spacial score (nSPS) is 30.4. The predicted molar refractivity (Wildman–Crippen MR) is 145 cm³/mol. The molecule has 0 saturated carbocycles. The molecule has 3 aliphatic heterocycles. The Kier molecular flexibility index (Phi) is 8.14. The molecule has 0 aromatic heterocycles. The van der Waals surface area contributed by atoms with Crippen molar-refractivity contribution in [2.75, 3.05) is 25.1 Å². The van der Waals surface area contributed by atoms with E-state index < -0.39 is 28.2 Å². The highest BCUT2D eigenvalue weighted by Crippen LogP contribution is 2.68. The summed E-state index contributed by atoms with van der Waals surface area (Å²) in [5.74, 6) is -0.561. The van der Waals surface area contributed by atoms with Gasteiger partial charge in [-0.15, -0.1) is 11.8 Å². The minimum absolute atomic E-state index is 0.00637. The van der Waals surface area contributed by atoms with Gasteiger partial charge in [0, 0.05) is 29.6 Å². The van der Waals surface area contributed by atoms with E-state index in [-0.39, 0.29) is 35.5 Å². The zero-order chi connectivity index (χ0) is 27.0. The van der Waals surface area contributed by atoms with Crippen molar-refractivity contribution in [3.63, 3.8) is 0 Å². The van der Waals surface area contributed by atoms with Gasteiger partial charge in [0.15, 0.2) is 0 Å². The number of nitrogens with zero attached hydrogens (tertiary/aromatic N) is 1. The summed E-state index contributed by atoms with van der Waals surface area (Å²) in [7, 11) is 0. The van der Waals surface area contributed by atoms with Crippen LogP contribution in [0.3, 0.4) is 0 Å². The molecule has 3 N–H and O–H groups in total. The topological polar surface area (TPSA) is 108 Å². The number of rotatable bonds is 10. The molecule has 8 nitrogen and oxygen atoms in total. The number of carbonyl (C=O) groups excluding carboxylic acids is 3. The second-order valence-corrected chi connectivity index (χ2v) is 13.1. The number of likely N-dealkylation sites (tertiary alicyclic amines) is 1. The quantitative estimate of drug-likeness (QED) is 0.399. The standard InChI is InChI=1S/C28H41N3O5S/c1-6-36-19-12-10-18(11-13-19)29-24(33)21-20-16-17(2)28(37-20)22(21)26(35)31(14-8-7-9-15-32)23(28)25(34)30-27(3,4)5/h10-13,17,20-23,32H,6-9,14-16H2,1-5H3,(H,29,33)(H,30,34)/t17?,20-,21+,22-,23?,28?/m0/s1. The van der Waals surface area contributed by atoms with Crippen LogP contribution in [0.2, 0.25) is 0 Å². The molecule has 1 spiro atoms. The van der Waals surface area contributed by atoms with Crippen molar-refractivity contribution in [3.8, 4) is 5.75 Å². The molecule has 4 rings (SSSR count). The van der Waals surface area contributed by atoms with Crippen LogP contribution in [0, 0.1) is 17.8 Å². The van der Waals surface area contributed by atoms with E-state index in [9.17, 15) is 19.5 Å². The number of aliphatic hydroxyl groups is 1. The van der Waals surface area contributed by atoms with Crippen molar-refractivity contribution >= 4 is 35.2 Å². The van der Waals surface area contributed by atoms with E-state index in [1.54, 1.807) is 16.7 Å². The molecular formula is C28H41N3O5S. The monoisotopic (exact) mass is 531 g/mol. The molecule has 9 heteroatoms. The molecule has 3 heterocycles. The maximum Gasteiger partial charge on any atom is 0.244 e. The van der Waals surface area contributed by atoms with Crippen molar-refractivity contribution in [1.82, 2.24) is 10.2 Å². The maximum absolute atomic E-state index is 14.0.